The molecule has 0 aromatic heterocycles. The molecule has 0 saturated carbocycles. The van der Waals surface area contributed by atoms with Crippen LogP contribution in [-0.4, -0.2) is 20.2 Å². The third-order valence-electron chi connectivity index (χ3n) is 1.95. The Morgan fingerprint density at radius 3 is 2.38 bits per heavy atom. The van der Waals surface area contributed by atoms with E-state index in [-0.39, 0.29) is 5.97 Å². The van der Waals surface area contributed by atoms with Crippen molar-refractivity contribution in [2.24, 2.45) is 0 Å². The predicted molar refractivity (Wildman–Crippen MR) is 63.2 cm³/mol. The molecule has 84 valence electrons. The summed E-state index contributed by atoms with van der Waals surface area (Å²) in [5.74, 6) is 0.460. The predicted octanol–water partition coefficient (Wildman–Crippen LogP) is 2.44. The van der Waals surface area contributed by atoms with Crippen LogP contribution in [0.1, 0.15) is 5.56 Å². The van der Waals surface area contributed by atoms with Gasteiger partial charge in [-0.05, 0) is 17.7 Å². The summed E-state index contributed by atoms with van der Waals surface area (Å²) in [5.41, 5.74) is 1.04. The maximum absolute atomic E-state index is 10.7. The summed E-state index contributed by atoms with van der Waals surface area (Å²) in [7, 11) is 2.98. The fraction of sp³-hybridized carbons (Fsp3) is 0.154. The van der Waals surface area contributed by atoms with E-state index in [1.807, 2.05) is 30.3 Å². The maximum Gasteiger partial charge on any atom is 0.330 e. The first kappa shape index (κ1) is 12.0. The number of hydrogen-bond acceptors (Lipinski definition) is 3. The van der Waals surface area contributed by atoms with E-state index in [2.05, 4.69) is 4.74 Å². The molecule has 1 aromatic rings. The lowest BCUT2D eigenvalue weighted by Gasteiger charge is -1.98. The van der Waals surface area contributed by atoms with Crippen molar-refractivity contribution in [3.8, 4) is 5.75 Å². The number of rotatable bonds is 4. The van der Waals surface area contributed by atoms with Crippen LogP contribution in [0.2, 0.25) is 0 Å². The van der Waals surface area contributed by atoms with Crippen LogP contribution >= 0.6 is 0 Å². The second kappa shape index (κ2) is 6.45. The summed E-state index contributed by atoms with van der Waals surface area (Å²) in [6, 6.07) is 7.62. The first-order valence-corrected chi connectivity index (χ1v) is 4.83. The minimum absolute atomic E-state index is 0.362. The van der Waals surface area contributed by atoms with Crippen molar-refractivity contribution in [2.75, 3.05) is 14.2 Å². The van der Waals surface area contributed by atoms with Gasteiger partial charge in [0.25, 0.3) is 0 Å². The molecule has 0 unspecified atom stereocenters. The minimum Gasteiger partial charge on any atom is -0.497 e. The van der Waals surface area contributed by atoms with E-state index in [1.165, 1.54) is 13.2 Å². The lowest BCUT2D eigenvalue weighted by Crippen LogP contribution is -1.92. The number of ether oxygens (including phenoxy) is 2. The molecule has 1 aromatic carbocycles. The summed E-state index contributed by atoms with van der Waals surface area (Å²) in [6.07, 6.45) is 6.66. The molecule has 0 N–H and O–H groups in total. The van der Waals surface area contributed by atoms with Crippen LogP contribution in [0.15, 0.2) is 42.5 Å². The van der Waals surface area contributed by atoms with Crippen molar-refractivity contribution in [3.05, 3.63) is 48.1 Å². The molecule has 0 amide bonds. The largest absolute Gasteiger partial charge is 0.497 e. The second-order valence-corrected chi connectivity index (χ2v) is 3.01. The molecule has 0 atom stereocenters. The monoisotopic (exact) mass is 218 g/mol. The standard InChI is InChI=1S/C13H14O3/c1-15-12-9-7-11(8-10-12)5-3-4-6-13(14)16-2/h3-10H,1-2H3/b5-3+,6-4+. The summed E-state index contributed by atoms with van der Waals surface area (Å²) >= 11 is 0. The molecule has 0 bridgehead atoms. The zero-order valence-corrected chi connectivity index (χ0v) is 9.34. The van der Waals surface area contributed by atoms with Crippen molar-refractivity contribution in [1.29, 1.82) is 0 Å². The van der Waals surface area contributed by atoms with Gasteiger partial charge >= 0.3 is 5.97 Å². The van der Waals surface area contributed by atoms with E-state index in [9.17, 15) is 4.79 Å². The fourth-order valence-corrected chi connectivity index (χ4v) is 1.08. The van der Waals surface area contributed by atoms with Crippen molar-refractivity contribution in [1.82, 2.24) is 0 Å². The van der Waals surface area contributed by atoms with Gasteiger partial charge in [0.05, 0.1) is 14.2 Å². The number of methoxy groups -OCH3 is 2. The number of esters is 1. The highest BCUT2D eigenvalue weighted by molar-refractivity contribution is 5.82. The number of allylic oxidation sites excluding steroid dienone is 2. The third-order valence-corrected chi connectivity index (χ3v) is 1.95. The lowest BCUT2D eigenvalue weighted by atomic mass is 10.2. The number of hydrogen-bond donors (Lipinski definition) is 0. The number of benzene rings is 1. The molecule has 0 aliphatic rings. The molecule has 0 aliphatic heterocycles. The van der Waals surface area contributed by atoms with Gasteiger partial charge in [0.15, 0.2) is 0 Å². The van der Waals surface area contributed by atoms with Crippen LogP contribution in [-0.2, 0) is 9.53 Å². The van der Waals surface area contributed by atoms with E-state index >= 15 is 0 Å². The smallest absolute Gasteiger partial charge is 0.330 e. The van der Waals surface area contributed by atoms with Gasteiger partial charge < -0.3 is 9.47 Å². The Labute approximate surface area is 95.0 Å². The van der Waals surface area contributed by atoms with Crippen LogP contribution < -0.4 is 4.74 Å². The second-order valence-electron chi connectivity index (χ2n) is 3.01. The van der Waals surface area contributed by atoms with Crippen LogP contribution in [0, 0.1) is 0 Å². The normalized spacial score (nSPS) is 10.9. The van der Waals surface area contributed by atoms with Crippen molar-refractivity contribution in [2.45, 2.75) is 0 Å². The third kappa shape index (κ3) is 4.00. The molecule has 1 rings (SSSR count). The van der Waals surface area contributed by atoms with E-state index < -0.39 is 0 Å². The highest BCUT2D eigenvalue weighted by atomic mass is 16.5. The van der Waals surface area contributed by atoms with Gasteiger partial charge in [-0.2, -0.15) is 0 Å². The summed E-state index contributed by atoms with van der Waals surface area (Å²) in [5, 5.41) is 0. The van der Waals surface area contributed by atoms with Gasteiger partial charge in [0, 0.05) is 6.08 Å². The SMILES string of the molecule is COC(=O)/C=C/C=C/c1ccc(OC)cc1. The van der Waals surface area contributed by atoms with Crippen LogP contribution in [0.25, 0.3) is 6.08 Å². The van der Waals surface area contributed by atoms with E-state index in [4.69, 9.17) is 4.74 Å². The molecule has 0 aliphatic carbocycles. The van der Waals surface area contributed by atoms with Crippen LogP contribution in [0.4, 0.5) is 0 Å². The molecular weight excluding hydrogens is 204 g/mol. The molecule has 0 heterocycles. The molecule has 0 fully saturated rings. The van der Waals surface area contributed by atoms with Gasteiger partial charge in [-0.1, -0.05) is 30.4 Å². The summed E-state index contributed by atoms with van der Waals surface area (Å²) < 4.78 is 9.50. The van der Waals surface area contributed by atoms with Gasteiger partial charge in [0.2, 0.25) is 0 Å². The average Bonchev–Trinajstić information content (AvgIpc) is 2.35. The Kier molecular flexibility index (Phi) is 4.86. The minimum atomic E-state index is -0.362. The Morgan fingerprint density at radius 1 is 1.12 bits per heavy atom. The molecular formula is C13H14O3. The Morgan fingerprint density at radius 2 is 1.81 bits per heavy atom. The Balaban J connectivity index is 2.56. The van der Waals surface area contributed by atoms with Crippen molar-refractivity contribution < 1.29 is 14.3 Å². The topological polar surface area (TPSA) is 35.5 Å². The van der Waals surface area contributed by atoms with Gasteiger partial charge in [-0.15, -0.1) is 0 Å². The Bertz CT molecular complexity index is 388. The summed E-state index contributed by atoms with van der Waals surface area (Å²) in [4.78, 5) is 10.7. The van der Waals surface area contributed by atoms with Crippen molar-refractivity contribution >= 4 is 12.0 Å². The van der Waals surface area contributed by atoms with E-state index in [0.717, 1.165) is 11.3 Å². The molecule has 3 heteroatoms. The lowest BCUT2D eigenvalue weighted by molar-refractivity contribution is -0.134. The molecule has 0 radical (unpaired) electrons. The van der Waals surface area contributed by atoms with Crippen LogP contribution in [0.3, 0.4) is 0 Å². The van der Waals surface area contributed by atoms with Gasteiger partial charge in [0.1, 0.15) is 5.75 Å². The Hall–Kier alpha value is -2.03. The zero-order valence-electron chi connectivity index (χ0n) is 9.34. The molecule has 3 nitrogen and oxygen atoms in total. The van der Waals surface area contributed by atoms with Gasteiger partial charge in [-0.25, -0.2) is 4.79 Å². The highest BCUT2D eigenvalue weighted by Crippen LogP contribution is 2.12. The average molecular weight is 218 g/mol. The number of carbonyl (C=O) groups is 1. The fourth-order valence-electron chi connectivity index (χ4n) is 1.08. The maximum atomic E-state index is 10.7. The highest BCUT2D eigenvalue weighted by Gasteiger charge is 1.89. The van der Waals surface area contributed by atoms with Crippen LogP contribution in [0.5, 0.6) is 5.75 Å². The molecule has 0 spiro atoms. The number of carbonyl (C=O) groups excluding carboxylic acids is 1. The molecule has 0 saturated heterocycles. The van der Waals surface area contributed by atoms with E-state index in [1.54, 1.807) is 19.3 Å². The first-order chi connectivity index (χ1) is 7.76. The zero-order chi connectivity index (χ0) is 11.8. The van der Waals surface area contributed by atoms with Gasteiger partial charge in [-0.3, -0.25) is 0 Å². The van der Waals surface area contributed by atoms with Crippen molar-refractivity contribution in [3.63, 3.8) is 0 Å². The quantitative estimate of drug-likeness (QED) is 0.442. The molecule has 16 heavy (non-hydrogen) atoms. The summed E-state index contributed by atoms with van der Waals surface area (Å²) in [6.45, 7) is 0. The first-order valence-electron chi connectivity index (χ1n) is 4.83. The van der Waals surface area contributed by atoms with E-state index in [0.29, 0.717) is 0 Å².